The molecule has 16 heavy (non-hydrogen) atoms. The van der Waals surface area contributed by atoms with E-state index in [0.717, 1.165) is 0 Å². The topological polar surface area (TPSA) is 52.9 Å². The van der Waals surface area contributed by atoms with Crippen LogP contribution in [0.3, 0.4) is 0 Å². The fourth-order valence-corrected chi connectivity index (χ4v) is 1.92. The monoisotopic (exact) mass is 224 g/mol. The van der Waals surface area contributed by atoms with Gasteiger partial charge in [0.25, 0.3) is 0 Å². The van der Waals surface area contributed by atoms with Crippen molar-refractivity contribution >= 4 is 5.91 Å². The van der Waals surface area contributed by atoms with Crippen molar-refractivity contribution in [2.75, 3.05) is 6.54 Å². The molecule has 1 amide bonds. The highest BCUT2D eigenvalue weighted by molar-refractivity contribution is 5.80. The third kappa shape index (κ3) is 4.65. The van der Waals surface area contributed by atoms with Crippen LogP contribution in [0.2, 0.25) is 0 Å². The molecule has 0 aromatic rings. The maximum absolute atomic E-state index is 11.6. The molecule has 0 bridgehead atoms. The Hall–Kier alpha value is -1.04. The van der Waals surface area contributed by atoms with Gasteiger partial charge >= 0.3 is 0 Å². The second kappa shape index (κ2) is 7.27. The molecule has 0 aromatic carbocycles. The zero-order valence-electron chi connectivity index (χ0n) is 11.1. The summed E-state index contributed by atoms with van der Waals surface area (Å²) < 4.78 is 0. The van der Waals surface area contributed by atoms with Gasteiger partial charge in [0.05, 0.1) is 6.07 Å². The van der Waals surface area contributed by atoms with Crippen molar-refractivity contribution in [1.82, 2.24) is 5.32 Å². The second-order valence-electron chi connectivity index (χ2n) is 4.99. The first-order chi connectivity index (χ1) is 7.43. The van der Waals surface area contributed by atoms with Crippen molar-refractivity contribution in [3.05, 3.63) is 0 Å². The summed E-state index contributed by atoms with van der Waals surface area (Å²) in [6.45, 7) is 11.2. The van der Waals surface area contributed by atoms with Gasteiger partial charge in [-0.05, 0) is 24.2 Å². The van der Waals surface area contributed by atoms with Crippen molar-refractivity contribution in [2.24, 2.45) is 23.7 Å². The Kier molecular flexibility index (Phi) is 6.80. The minimum Gasteiger partial charge on any atom is -0.355 e. The van der Waals surface area contributed by atoms with Gasteiger partial charge in [-0.3, -0.25) is 4.79 Å². The highest BCUT2D eigenvalue weighted by Gasteiger charge is 2.20. The predicted molar refractivity (Wildman–Crippen MR) is 65.6 cm³/mol. The Bertz CT molecular complexity index is 245. The molecule has 0 radical (unpaired) electrons. The first kappa shape index (κ1) is 15.0. The number of nitrogens with one attached hydrogen (secondary N) is 1. The molecule has 1 N–H and O–H groups in total. The molecule has 0 saturated carbocycles. The van der Waals surface area contributed by atoms with Crippen LogP contribution in [0, 0.1) is 35.0 Å². The first-order valence-electron chi connectivity index (χ1n) is 6.11. The van der Waals surface area contributed by atoms with Gasteiger partial charge in [-0.2, -0.15) is 5.26 Å². The molecule has 3 nitrogen and oxygen atoms in total. The molecule has 0 saturated heterocycles. The lowest BCUT2D eigenvalue weighted by atomic mass is 9.85. The maximum Gasteiger partial charge on any atom is 0.237 e. The summed E-state index contributed by atoms with van der Waals surface area (Å²) in [5, 5.41) is 11.7. The van der Waals surface area contributed by atoms with Crippen molar-refractivity contribution in [3.8, 4) is 6.07 Å². The number of carbonyl (C=O) groups is 1. The average Bonchev–Trinajstić information content (AvgIpc) is 2.18. The lowest BCUT2D eigenvalue weighted by molar-refractivity contribution is -0.123. The first-order valence-corrected chi connectivity index (χ1v) is 6.11. The van der Waals surface area contributed by atoms with Crippen LogP contribution in [-0.2, 0) is 4.79 Å². The van der Waals surface area contributed by atoms with E-state index in [0.29, 0.717) is 30.7 Å². The van der Waals surface area contributed by atoms with E-state index in [1.54, 1.807) is 0 Å². The summed E-state index contributed by atoms with van der Waals surface area (Å²) in [6, 6.07) is 2.02. The molecule has 0 rings (SSSR count). The molecule has 0 aromatic heterocycles. The predicted octanol–water partition coefficient (Wildman–Crippen LogP) is 2.58. The standard InChI is InChI=1S/C13H24N2O/c1-6-11(7-14)13(16)15-8-12(9(2)3)10(4)5/h9-12H,6,8H2,1-5H3,(H,15,16). The molecule has 1 atom stereocenters. The SMILES string of the molecule is CCC(C#N)C(=O)NCC(C(C)C)C(C)C. The summed E-state index contributed by atoms with van der Waals surface area (Å²) in [6.07, 6.45) is 0.580. The summed E-state index contributed by atoms with van der Waals surface area (Å²) in [7, 11) is 0. The molecule has 1 unspecified atom stereocenters. The van der Waals surface area contributed by atoms with Crippen LogP contribution in [0.25, 0.3) is 0 Å². The van der Waals surface area contributed by atoms with Crippen LogP contribution < -0.4 is 5.32 Å². The number of nitriles is 1. The molecule has 92 valence electrons. The summed E-state index contributed by atoms with van der Waals surface area (Å²) in [5.41, 5.74) is 0. The number of hydrogen-bond acceptors (Lipinski definition) is 2. The molecule has 0 aliphatic rings. The van der Waals surface area contributed by atoms with Gasteiger partial charge in [0.1, 0.15) is 5.92 Å². The largest absolute Gasteiger partial charge is 0.355 e. The van der Waals surface area contributed by atoms with Crippen molar-refractivity contribution in [3.63, 3.8) is 0 Å². The second-order valence-corrected chi connectivity index (χ2v) is 4.99. The van der Waals surface area contributed by atoms with Gasteiger partial charge in [-0.25, -0.2) is 0 Å². The summed E-state index contributed by atoms with van der Waals surface area (Å²) >= 11 is 0. The molecule has 3 heteroatoms. The van der Waals surface area contributed by atoms with E-state index in [-0.39, 0.29) is 5.91 Å². The van der Waals surface area contributed by atoms with E-state index in [1.165, 1.54) is 0 Å². The van der Waals surface area contributed by atoms with Crippen molar-refractivity contribution in [2.45, 2.75) is 41.0 Å². The quantitative estimate of drug-likeness (QED) is 0.754. The normalized spacial score (nSPS) is 12.9. The van der Waals surface area contributed by atoms with Gasteiger partial charge in [-0.15, -0.1) is 0 Å². The van der Waals surface area contributed by atoms with Crippen LogP contribution in [0.4, 0.5) is 0 Å². The van der Waals surface area contributed by atoms with Gasteiger partial charge in [-0.1, -0.05) is 34.6 Å². The van der Waals surface area contributed by atoms with E-state index in [9.17, 15) is 4.79 Å². The summed E-state index contributed by atoms with van der Waals surface area (Å²) in [4.78, 5) is 11.6. The van der Waals surface area contributed by atoms with Crippen LogP contribution in [-0.4, -0.2) is 12.5 Å². The van der Waals surface area contributed by atoms with Crippen LogP contribution in [0.15, 0.2) is 0 Å². The smallest absolute Gasteiger partial charge is 0.237 e. The van der Waals surface area contributed by atoms with E-state index < -0.39 is 5.92 Å². The number of hydrogen-bond donors (Lipinski definition) is 1. The molecule has 0 spiro atoms. The highest BCUT2D eigenvalue weighted by Crippen LogP contribution is 2.19. The van der Waals surface area contributed by atoms with Crippen LogP contribution >= 0.6 is 0 Å². The third-order valence-electron chi connectivity index (χ3n) is 3.11. The molecule has 0 fully saturated rings. The number of carbonyl (C=O) groups excluding carboxylic acids is 1. The Morgan fingerprint density at radius 2 is 1.75 bits per heavy atom. The van der Waals surface area contributed by atoms with E-state index >= 15 is 0 Å². The Labute approximate surface area is 99.2 Å². The zero-order chi connectivity index (χ0) is 12.7. The van der Waals surface area contributed by atoms with Crippen molar-refractivity contribution in [1.29, 1.82) is 5.26 Å². The van der Waals surface area contributed by atoms with Gasteiger partial charge in [0, 0.05) is 6.54 Å². The Morgan fingerprint density at radius 3 is 2.06 bits per heavy atom. The average molecular weight is 224 g/mol. The number of amides is 1. The van der Waals surface area contributed by atoms with Crippen LogP contribution in [0.5, 0.6) is 0 Å². The minimum atomic E-state index is -0.500. The zero-order valence-corrected chi connectivity index (χ0v) is 11.1. The molecular formula is C13H24N2O. The summed E-state index contributed by atoms with van der Waals surface area (Å²) in [5.74, 6) is 0.932. The van der Waals surface area contributed by atoms with Gasteiger partial charge in [0.2, 0.25) is 5.91 Å². The molecule has 0 aliphatic heterocycles. The minimum absolute atomic E-state index is 0.128. The lowest BCUT2D eigenvalue weighted by Crippen LogP contribution is -2.37. The maximum atomic E-state index is 11.6. The molecule has 0 heterocycles. The van der Waals surface area contributed by atoms with Gasteiger partial charge < -0.3 is 5.32 Å². The van der Waals surface area contributed by atoms with Crippen LogP contribution in [0.1, 0.15) is 41.0 Å². The van der Waals surface area contributed by atoms with Crippen molar-refractivity contribution < 1.29 is 4.79 Å². The molecule has 0 aliphatic carbocycles. The van der Waals surface area contributed by atoms with E-state index in [4.69, 9.17) is 5.26 Å². The van der Waals surface area contributed by atoms with E-state index in [2.05, 4.69) is 33.0 Å². The highest BCUT2D eigenvalue weighted by atomic mass is 16.1. The van der Waals surface area contributed by atoms with Gasteiger partial charge in [0.15, 0.2) is 0 Å². The van der Waals surface area contributed by atoms with E-state index in [1.807, 2.05) is 13.0 Å². The Balaban J connectivity index is 4.22. The fraction of sp³-hybridized carbons (Fsp3) is 0.846. The molecular weight excluding hydrogens is 200 g/mol. The lowest BCUT2D eigenvalue weighted by Gasteiger charge is -2.25. The third-order valence-corrected chi connectivity index (χ3v) is 3.11. The number of nitrogens with zero attached hydrogens (tertiary/aromatic N) is 1. The Morgan fingerprint density at radius 1 is 1.25 bits per heavy atom. The fourth-order valence-electron chi connectivity index (χ4n) is 1.92. The number of rotatable bonds is 6.